The molecule has 7 heteroatoms. The zero-order valence-corrected chi connectivity index (χ0v) is 12.4. The summed E-state index contributed by atoms with van der Waals surface area (Å²) in [5.74, 6) is -0.532. The minimum absolute atomic E-state index is 0.345. The van der Waals surface area contributed by atoms with E-state index >= 15 is 0 Å². The molecule has 1 heterocycles. The predicted octanol–water partition coefficient (Wildman–Crippen LogP) is 1.66. The average molecular weight is 307 g/mol. The number of halogens is 3. The lowest BCUT2D eigenvalue weighted by atomic mass is 10.0. The molecule has 21 heavy (non-hydrogen) atoms. The Morgan fingerprint density at radius 2 is 2.05 bits per heavy atom. The monoisotopic (exact) mass is 307 g/mol. The molecule has 0 aromatic heterocycles. The van der Waals surface area contributed by atoms with E-state index < -0.39 is 24.7 Å². The third kappa shape index (κ3) is 5.47. The second-order valence-corrected chi connectivity index (χ2v) is 6.08. The first-order valence-electron chi connectivity index (χ1n) is 7.70. The summed E-state index contributed by atoms with van der Waals surface area (Å²) in [7, 11) is 0. The van der Waals surface area contributed by atoms with Crippen molar-refractivity contribution in [3.63, 3.8) is 0 Å². The molecule has 2 atom stereocenters. The second kappa shape index (κ2) is 6.96. The summed E-state index contributed by atoms with van der Waals surface area (Å²) in [6.07, 6.45) is 1.12. The van der Waals surface area contributed by atoms with E-state index in [0.29, 0.717) is 12.1 Å². The number of carbonyl (C=O) groups excluding carboxylic acids is 1. The SMILES string of the molecule is CC(C(=O)NCC(F)(F)F)N(CC1CCCCN1)C1CC1. The number of nitrogens with zero attached hydrogens (tertiary/aromatic N) is 1. The maximum atomic E-state index is 12.2. The maximum absolute atomic E-state index is 12.2. The number of alkyl halides is 3. The van der Waals surface area contributed by atoms with Gasteiger partial charge in [0.05, 0.1) is 6.04 Å². The quantitative estimate of drug-likeness (QED) is 0.784. The topological polar surface area (TPSA) is 44.4 Å². The van der Waals surface area contributed by atoms with Crippen LogP contribution in [-0.2, 0) is 4.79 Å². The fourth-order valence-corrected chi connectivity index (χ4v) is 2.85. The first-order chi connectivity index (χ1) is 9.87. The number of rotatable bonds is 6. The molecule has 1 amide bonds. The summed E-state index contributed by atoms with van der Waals surface area (Å²) >= 11 is 0. The summed E-state index contributed by atoms with van der Waals surface area (Å²) in [4.78, 5) is 14.0. The summed E-state index contributed by atoms with van der Waals surface area (Å²) in [5, 5.41) is 5.43. The Morgan fingerprint density at radius 1 is 1.33 bits per heavy atom. The lowest BCUT2D eigenvalue weighted by molar-refractivity contribution is -0.141. The first kappa shape index (κ1) is 16.5. The second-order valence-electron chi connectivity index (χ2n) is 6.08. The molecule has 1 saturated heterocycles. The lowest BCUT2D eigenvalue weighted by Crippen LogP contribution is -2.53. The first-order valence-corrected chi connectivity index (χ1v) is 7.70. The van der Waals surface area contributed by atoms with E-state index in [-0.39, 0.29) is 0 Å². The summed E-state index contributed by atoms with van der Waals surface area (Å²) in [6.45, 7) is 2.17. The molecular formula is C14H24F3N3O. The van der Waals surface area contributed by atoms with Gasteiger partial charge in [-0.25, -0.2) is 0 Å². The van der Waals surface area contributed by atoms with Gasteiger partial charge in [-0.05, 0) is 39.2 Å². The Kier molecular flexibility index (Phi) is 5.48. The van der Waals surface area contributed by atoms with Crippen molar-refractivity contribution in [1.82, 2.24) is 15.5 Å². The highest BCUT2D eigenvalue weighted by Crippen LogP contribution is 2.29. The van der Waals surface area contributed by atoms with Crippen molar-refractivity contribution in [3.05, 3.63) is 0 Å². The van der Waals surface area contributed by atoms with E-state index in [1.54, 1.807) is 6.92 Å². The lowest BCUT2D eigenvalue weighted by Gasteiger charge is -2.34. The van der Waals surface area contributed by atoms with E-state index in [1.165, 1.54) is 12.8 Å². The molecule has 1 aliphatic heterocycles. The van der Waals surface area contributed by atoms with Crippen molar-refractivity contribution >= 4 is 5.91 Å². The van der Waals surface area contributed by atoms with Gasteiger partial charge < -0.3 is 10.6 Å². The maximum Gasteiger partial charge on any atom is 0.405 e. The van der Waals surface area contributed by atoms with Gasteiger partial charge in [0, 0.05) is 18.6 Å². The molecular weight excluding hydrogens is 283 g/mol. The smallest absolute Gasteiger partial charge is 0.346 e. The predicted molar refractivity (Wildman–Crippen MR) is 73.9 cm³/mol. The molecule has 1 aliphatic carbocycles. The van der Waals surface area contributed by atoms with Crippen molar-refractivity contribution in [2.45, 2.75) is 63.3 Å². The van der Waals surface area contributed by atoms with Gasteiger partial charge in [-0.15, -0.1) is 0 Å². The van der Waals surface area contributed by atoms with Crippen molar-refractivity contribution in [1.29, 1.82) is 0 Å². The number of nitrogens with one attached hydrogen (secondary N) is 2. The molecule has 122 valence electrons. The minimum atomic E-state index is -4.36. The Balaban J connectivity index is 1.86. The van der Waals surface area contributed by atoms with Gasteiger partial charge in [-0.1, -0.05) is 6.42 Å². The van der Waals surface area contributed by atoms with E-state index in [2.05, 4.69) is 10.2 Å². The van der Waals surface area contributed by atoms with Crippen LogP contribution in [-0.4, -0.2) is 54.7 Å². The third-order valence-corrected chi connectivity index (χ3v) is 4.20. The molecule has 0 aromatic carbocycles. The Labute approximate surface area is 123 Å². The molecule has 0 aromatic rings. The molecule has 2 aliphatic rings. The average Bonchev–Trinajstić information content (AvgIpc) is 3.26. The number of hydrogen-bond donors (Lipinski definition) is 2. The Hall–Kier alpha value is -0.820. The zero-order chi connectivity index (χ0) is 15.5. The largest absolute Gasteiger partial charge is 0.405 e. The Bertz CT molecular complexity index is 352. The van der Waals surface area contributed by atoms with Gasteiger partial charge >= 0.3 is 6.18 Å². The van der Waals surface area contributed by atoms with Crippen LogP contribution >= 0.6 is 0 Å². The van der Waals surface area contributed by atoms with Crippen LogP contribution < -0.4 is 10.6 Å². The van der Waals surface area contributed by atoms with Crippen molar-refractivity contribution in [3.8, 4) is 0 Å². The van der Waals surface area contributed by atoms with E-state index in [1.807, 2.05) is 5.32 Å². The molecule has 2 rings (SSSR count). The van der Waals surface area contributed by atoms with E-state index in [0.717, 1.165) is 32.4 Å². The van der Waals surface area contributed by atoms with E-state index in [4.69, 9.17) is 0 Å². The molecule has 0 radical (unpaired) electrons. The number of amides is 1. The van der Waals surface area contributed by atoms with E-state index in [9.17, 15) is 18.0 Å². The fourth-order valence-electron chi connectivity index (χ4n) is 2.85. The third-order valence-electron chi connectivity index (χ3n) is 4.20. The highest BCUT2D eigenvalue weighted by Gasteiger charge is 2.37. The molecule has 0 spiro atoms. The van der Waals surface area contributed by atoms with Crippen molar-refractivity contribution in [2.24, 2.45) is 0 Å². The molecule has 2 fully saturated rings. The van der Waals surface area contributed by atoms with Crippen LogP contribution in [0.25, 0.3) is 0 Å². The van der Waals surface area contributed by atoms with Gasteiger partial charge in [0.15, 0.2) is 0 Å². The zero-order valence-electron chi connectivity index (χ0n) is 12.4. The molecule has 4 nitrogen and oxygen atoms in total. The van der Waals surface area contributed by atoms with Gasteiger partial charge in [-0.3, -0.25) is 9.69 Å². The van der Waals surface area contributed by atoms with Gasteiger partial charge in [-0.2, -0.15) is 13.2 Å². The van der Waals surface area contributed by atoms with Crippen LogP contribution in [0.2, 0.25) is 0 Å². The highest BCUT2D eigenvalue weighted by molar-refractivity contribution is 5.81. The summed E-state index contributed by atoms with van der Waals surface area (Å²) < 4.78 is 36.6. The summed E-state index contributed by atoms with van der Waals surface area (Å²) in [5.41, 5.74) is 0. The summed E-state index contributed by atoms with van der Waals surface area (Å²) in [6, 6.07) is 0.182. The fraction of sp³-hybridized carbons (Fsp3) is 0.929. The van der Waals surface area contributed by atoms with Crippen molar-refractivity contribution < 1.29 is 18.0 Å². The highest BCUT2D eigenvalue weighted by atomic mass is 19.4. The van der Waals surface area contributed by atoms with Crippen LogP contribution in [0.3, 0.4) is 0 Å². The number of hydrogen-bond acceptors (Lipinski definition) is 3. The van der Waals surface area contributed by atoms with Gasteiger partial charge in [0.1, 0.15) is 6.54 Å². The van der Waals surface area contributed by atoms with Crippen LogP contribution in [0.4, 0.5) is 13.2 Å². The van der Waals surface area contributed by atoms with Crippen LogP contribution in [0.1, 0.15) is 39.0 Å². The molecule has 1 saturated carbocycles. The van der Waals surface area contributed by atoms with Crippen LogP contribution in [0.15, 0.2) is 0 Å². The Morgan fingerprint density at radius 3 is 2.57 bits per heavy atom. The normalized spacial score (nSPS) is 24.9. The standard InChI is InChI=1S/C14H24F3N3O/c1-10(13(21)19-9-14(15,16)17)20(12-5-6-12)8-11-4-2-3-7-18-11/h10-12,18H,2-9H2,1H3,(H,19,21). The van der Waals surface area contributed by atoms with Gasteiger partial charge in [0.25, 0.3) is 0 Å². The molecule has 2 N–H and O–H groups in total. The minimum Gasteiger partial charge on any atom is -0.346 e. The van der Waals surface area contributed by atoms with Crippen LogP contribution in [0.5, 0.6) is 0 Å². The van der Waals surface area contributed by atoms with Crippen molar-refractivity contribution in [2.75, 3.05) is 19.6 Å². The van der Waals surface area contributed by atoms with Crippen LogP contribution in [0, 0.1) is 0 Å². The molecule has 0 bridgehead atoms. The number of carbonyl (C=O) groups is 1. The number of piperidine rings is 1. The van der Waals surface area contributed by atoms with Gasteiger partial charge in [0.2, 0.25) is 5.91 Å². The molecule has 2 unspecified atom stereocenters.